The molecule has 1 aromatic heterocycles. The Morgan fingerprint density at radius 3 is 2.72 bits per heavy atom. The van der Waals surface area contributed by atoms with Crippen LogP contribution in [-0.2, 0) is 17.8 Å². The molecule has 1 fully saturated rings. The van der Waals surface area contributed by atoms with Gasteiger partial charge in [0, 0.05) is 25.0 Å². The van der Waals surface area contributed by atoms with E-state index in [1.807, 2.05) is 31.2 Å². The van der Waals surface area contributed by atoms with Crippen LogP contribution in [0.1, 0.15) is 37.1 Å². The maximum absolute atomic E-state index is 12.3. The van der Waals surface area contributed by atoms with Crippen LogP contribution in [0.15, 0.2) is 29.6 Å². The van der Waals surface area contributed by atoms with Gasteiger partial charge in [0.2, 0.25) is 5.91 Å². The van der Waals surface area contributed by atoms with Crippen molar-refractivity contribution >= 4 is 22.4 Å². The summed E-state index contributed by atoms with van der Waals surface area (Å²) in [5, 5.41) is 5.71. The van der Waals surface area contributed by atoms with E-state index in [9.17, 15) is 4.79 Å². The predicted molar refractivity (Wildman–Crippen MR) is 104 cm³/mol. The SMILES string of the molecule is Cc1ccccc1CC(=O)Nc1nc(CN2C[C@H](C)C[C@@H](C)C2)cs1. The normalized spacial score (nSPS) is 21.2. The number of aromatic nitrogens is 1. The molecule has 134 valence electrons. The van der Waals surface area contributed by atoms with Crippen molar-refractivity contribution in [3.63, 3.8) is 0 Å². The van der Waals surface area contributed by atoms with Crippen molar-refractivity contribution in [3.8, 4) is 0 Å². The number of carbonyl (C=O) groups excluding carboxylic acids is 1. The van der Waals surface area contributed by atoms with E-state index in [-0.39, 0.29) is 5.91 Å². The van der Waals surface area contributed by atoms with E-state index in [2.05, 4.69) is 34.4 Å². The van der Waals surface area contributed by atoms with Crippen LogP contribution >= 0.6 is 11.3 Å². The van der Waals surface area contributed by atoms with Crippen LogP contribution in [0, 0.1) is 18.8 Å². The Morgan fingerprint density at radius 2 is 2.00 bits per heavy atom. The fourth-order valence-corrected chi connectivity index (χ4v) is 4.45. The lowest BCUT2D eigenvalue weighted by Crippen LogP contribution is -2.38. The van der Waals surface area contributed by atoms with E-state index in [1.165, 1.54) is 17.8 Å². The first-order valence-corrected chi connectivity index (χ1v) is 9.88. The van der Waals surface area contributed by atoms with E-state index < -0.39 is 0 Å². The van der Waals surface area contributed by atoms with Gasteiger partial charge in [0.15, 0.2) is 5.13 Å². The molecule has 2 heterocycles. The smallest absolute Gasteiger partial charge is 0.230 e. The number of piperidine rings is 1. The van der Waals surface area contributed by atoms with Gasteiger partial charge in [-0.2, -0.15) is 0 Å². The highest BCUT2D eigenvalue weighted by Gasteiger charge is 2.22. The first-order valence-electron chi connectivity index (χ1n) is 9.00. The van der Waals surface area contributed by atoms with Gasteiger partial charge in [-0.05, 0) is 36.3 Å². The van der Waals surface area contributed by atoms with Crippen LogP contribution in [0.3, 0.4) is 0 Å². The summed E-state index contributed by atoms with van der Waals surface area (Å²) in [6.07, 6.45) is 1.70. The number of hydrogen-bond acceptors (Lipinski definition) is 4. The molecule has 25 heavy (non-hydrogen) atoms. The molecule has 0 spiro atoms. The molecule has 0 unspecified atom stereocenters. The van der Waals surface area contributed by atoms with E-state index in [4.69, 9.17) is 0 Å². The van der Waals surface area contributed by atoms with Crippen LogP contribution in [0.5, 0.6) is 0 Å². The lowest BCUT2D eigenvalue weighted by Gasteiger charge is -2.34. The average molecular weight is 358 g/mol. The third-order valence-electron chi connectivity index (χ3n) is 4.74. The molecule has 0 bridgehead atoms. The summed E-state index contributed by atoms with van der Waals surface area (Å²) in [4.78, 5) is 19.3. The Balaban J connectivity index is 1.54. The van der Waals surface area contributed by atoms with Crippen molar-refractivity contribution in [2.75, 3.05) is 18.4 Å². The molecule has 4 nitrogen and oxygen atoms in total. The molecule has 1 aliphatic rings. The Labute approximate surface area is 154 Å². The number of aryl methyl sites for hydroxylation is 1. The topological polar surface area (TPSA) is 45.2 Å². The number of nitrogens with one attached hydrogen (secondary N) is 1. The number of rotatable bonds is 5. The molecule has 2 atom stereocenters. The summed E-state index contributed by atoms with van der Waals surface area (Å²) in [7, 11) is 0. The zero-order valence-electron chi connectivity index (χ0n) is 15.3. The summed E-state index contributed by atoms with van der Waals surface area (Å²) in [5.74, 6) is 1.49. The molecule has 0 aliphatic carbocycles. The van der Waals surface area contributed by atoms with Crippen molar-refractivity contribution < 1.29 is 4.79 Å². The highest BCUT2D eigenvalue weighted by Crippen LogP contribution is 2.24. The molecule has 1 aliphatic heterocycles. The second-order valence-electron chi connectivity index (χ2n) is 7.44. The minimum Gasteiger partial charge on any atom is -0.302 e. The fourth-order valence-electron chi connectivity index (χ4n) is 3.73. The van der Waals surface area contributed by atoms with Crippen molar-refractivity contribution in [2.24, 2.45) is 11.8 Å². The molecule has 2 aromatic rings. The van der Waals surface area contributed by atoms with Gasteiger partial charge in [0.25, 0.3) is 0 Å². The number of likely N-dealkylation sites (tertiary alicyclic amines) is 1. The fraction of sp³-hybridized carbons (Fsp3) is 0.500. The molecule has 5 heteroatoms. The number of amides is 1. The molecule has 3 rings (SSSR count). The summed E-state index contributed by atoms with van der Waals surface area (Å²) in [6, 6.07) is 8.00. The number of hydrogen-bond donors (Lipinski definition) is 1. The Kier molecular flexibility index (Phi) is 5.86. The minimum absolute atomic E-state index is 0.00424. The van der Waals surface area contributed by atoms with E-state index in [0.29, 0.717) is 11.6 Å². The van der Waals surface area contributed by atoms with Crippen molar-refractivity contribution in [3.05, 3.63) is 46.5 Å². The van der Waals surface area contributed by atoms with Gasteiger partial charge >= 0.3 is 0 Å². The average Bonchev–Trinajstić information content (AvgIpc) is 2.95. The van der Waals surface area contributed by atoms with Crippen LogP contribution in [0.2, 0.25) is 0 Å². The lowest BCUT2D eigenvalue weighted by atomic mass is 9.92. The summed E-state index contributed by atoms with van der Waals surface area (Å²) in [5.41, 5.74) is 3.26. The Bertz CT molecular complexity index is 717. The van der Waals surface area contributed by atoms with E-state index in [1.54, 1.807) is 0 Å². The number of benzene rings is 1. The number of carbonyl (C=O) groups is 1. The van der Waals surface area contributed by atoms with Gasteiger partial charge in [0.05, 0.1) is 12.1 Å². The van der Waals surface area contributed by atoms with Crippen molar-refractivity contribution in [2.45, 2.75) is 40.2 Å². The van der Waals surface area contributed by atoms with E-state index in [0.717, 1.165) is 48.3 Å². The van der Waals surface area contributed by atoms with Crippen LogP contribution in [0.25, 0.3) is 0 Å². The lowest BCUT2D eigenvalue weighted by molar-refractivity contribution is -0.115. The van der Waals surface area contributed by atoms with Crippen LogP contribution in [0.4, 0.5) is 5.13 Å². The molecule has 1 aromatic carbocycles. The highest BCUT2D eigenvalue weighted by atomic mass is 32.1. The second-order valence-corrected chi connectivity index (χ2v) is 8.29. The third kappa shape index (κ3) is 5.13. The van der Waals surface area contributed by atoms with Gasteiger partial charge in [0.1, 0.15) is 0 Å². The zero-order valence-corrected chi connectivity index (χ0v) is 16.1. The number of thiazole rings is 1. The second kappa shape index (κ2) is 8.11. The largest absolute Gasteiger partial charge is 0.302 e. The molecule has 1 amide bonds. The maximum Gasteiger partial charge on any atom is 0.230 e. The molecule has 0 radical (unpaired) electrons. The van der Waals surface area contributed by atoms with Crippen molar-refractivity contribution in [1.82, 2.24) is 9.88 Å². The summed E-state index contributed by atoms with van der Waals surface area (Å²) < 4.78 is 0. The van der Waals surface area contributed by atoms with Crippen LogP contribution in [-0.4, -0.2) is 28.9 Å². The molecular weight excluding hydrogens is 330 g/mol. The van der Waals surface area contributed by atoms with E-state index >= 15 is 0 Å². The quantitative estimate of drug-likeness (QED) is 0.876. The Hall–Kier alpha value is -1.72. The molecular formula is C20H27N3OS. The predicted octanol–water partition coefficient (Wildman–Crippen LogP) is 4.11. The van der Waals surface area contributed by atoms with Gasteiger partial charge in [-0.1, -0.05) is 38.1 Å². The van der Waals surface area contributed by atoms with Gasteiger partial charge < -0.3 is 5.32 Å². The highest BCUT2D eigenvalue weighted by molar-refractivity contribution is 7.13. The van der Waals surface area contributed by atoms with Crippen molar-refractivity contribution in [1.29, 1.82) is 0 Å². The van der Waals surface area contributed by atoms with Gasteiger partial charge in [-0.25, -0.2) is 4.98 Å². The molecule has 1 saturated heterocycles. The third-order valence-corrected chi connectivity index (χ3v) is 5.55. The first kappa shape index (κ1) is 18.1. The molecule has 0 saturated carbocycles. The zero-order chi connectivity index (χ0) is 17.8. The monoisotopic (exact) mass is 357 g/mol. The standard InChI is InChI=1S/C20H27N3OS/c1-14-8-15(2)11-23(10-14)12-18-13-25-20(21-18)22-19(24)9-17-7-5-4-6-16(17)3/h4-7,13-15H,8-12H2,1-3H3,(H,21,22,24)/t14-,15-/m1/s1. The van der Waals surface area contributed by atoms with Gasteiger partial charge in [-0.15, -0.1) is 11.3 Å². The molecule has 1 N–H and O–H groups in total. The minimum atomic E-state index is -0.00424. The Morgan fingerprint density at radius 1 is 1.28 bits per heavy atom. The van der Waals surface area contributed by atoms with Gasteiger partial charge in [-0.3, -0.25) is 9.69 Å². The summed E-state index contributed by atoms with van der Waals surface area (Å²) >= 11 is 1.51. The maximum atomic E-state index is 12.3. The number of anilines is 1. The van der Waals surface area contributed by atoms with Crippen LogP contribution < -0.4 is 5.32 Å². The number of nitrogens with zero attached hydrogens (tertiary/aromatic N) is 2. The first-order chi connectivity index (χ1) is 12.0. The summed E-state index contributed by atoms with van der Waals surface area (Å²) in [6.45, 7) is 9.82.